The van der Waals surface area contributed by atoms with E-state index in [-0.39, 0.29) is 5.92 Å². The first-order chi connectivity index (χ1) is 24.7. The van der Waals surface area contributed by atoms with Crippen molar-refractivity contribution < 1.29 is 8.83 Å². The molecule has 2 aromatic heterocycles. The Morgan fingerprint density at radius 2 is 1.52 bits per heavy atom. The molecule has 4 heteroatoms. The van der Waals surface area contributed by atoms with Crippen LogP contribution in [0, 0.1) is 5.92 Å². The molecular formula is C46H33NO2S. The van der Waals surface area contributed by atoms with Gasteiger partial charge in [0, 0.05) is 68.1 Å². The molecule has 11 rings (SSSR count). The molecule has 240 valence electrons. The number of fused-ring (bicyclic) bond motifs is 11. The zero-order chi connectivity index (χ0) is 32.8. The van der Waals surface area contributed by atoms with Gasteiger partial charge in [-0.25, -0.2) is 0 Å². The molecule has 0 saturated carbocycles. The number of benzene rings is 4. The molecule has 3 atom stereocenters. The average Bonchev–Trinajstić information content (AvgIpc) is 3.86. The summed E-state index contributed by atoms with van der Waals surface area (Å²) in [5.41, 5.74) is 12.1. The molecular weight excluding hydrogens is 631 g/mol. The van der Waals surface area contributed by atoms with Crippen LogP contribution in [-0.4, -0.2) is 0 Å². The molecule has 0 amide bonds. The molecule has 0 spiro atoms. The quantitative estimate of drug-likeness (QED) is 0.188. The van der Waals surface area contributed by atoms with E-state index in [9.17, 15) is 0 Å². The number of furan rings is 2. The van der Waals surface area contributed by atoms with Crippen LogP contribution in [0.25, 0.3) is 39.7 Å². The van der Waals surface area contributed by atoms with Crippen LogP contribution < -0.4 is 4.90 Å². The number of aryl methyl sites for hydroxylation is 1. The van der Waals surface area contributed by atoms with Crippen molar-refractivity contribution in [3.05, 3.63) is 184 Å². The van der Waals surface area contributed by atoms with Gasteiger partial charge < -0.3 is 13.7 Å². The molecule has 4 aromatic carbocycles. The Balaban J connectivity index is 0.954. The van der Waals surface area contributed by atoms with Crippen LogP contribution in [-0.2, 0) is 6.42 Å². The van der Waals surface area contributed by atoms with Gasteiger partial charge in [-0.3, -0.25) is 0 Å². The van der Waals surface area contributed by atoms with E-state index in [0.29, 0.717) is 11.8 Å². The summed E-state index contributed by atoms with van der Waals surface area (Å²) in [7, 11) is 0. The maximum absolute atomic E-state index is 6.30. The Morgan fingerprint density at radius 3 is 2.42 bits per heavy atom. The fourth-order valence-corrected chi connectivity index (χ4v) is 9.97. The van der Waals surface area contributed by atoms with Gasteiger partial charge in [-0.2, -0.15) is 0 Å². The summed E-state index contributed by atoms with van der Waals surface area (Å²) in [4.78, 5) is 5.33. The normalized spacial score (nSPS) is 21.4. The molecule has 6 aromatic rings. The molecule has 0 bridgehead atoms. The van der Waals surface area contributed by atoms with Gasteiger partial charge in [0.25, 0.3) is 0 Å². The van der Waals surface area contributed by atoms with E-state index in [4.69, 9.17) is 8.83 Å². The second kappa shape index (κ2) is 11.0. The Kier molecular flexibility index (Phi) is 6.26. The second-order valence-corrected chi connectivity index (χ2v) is 15.0. The van der Waals surface area contributed by atoms with Gasteiger partial charge in [-0.15, -0.1) is 0 Å². The zero-order valence-electron chi connectivity index (χ0n) is 27.4. The van der Waals surface area contributed by atoms with E-state index in [1.807, 2.05) is 17.8 Å². The number of hydrogen-bond donors (Lipinski definition) is 0. The molecule has 0 fully saturated rings. The summed E-state index contributed by atoms with van der Waals surface area (Å²) < 4.78 is 12.5. The minimum absolute atomic E-state index is 0.286. The smallest absolute Gasteiger partial charge is 0.135 e. The molecule has 0 radical (unpaired) electrons. The van der Waals surface area contributed by atoms with Crippen molar-refractivity contribution in [3.63, 3.8) is 0 Å². The van der Waals surface area contributed by atoms with E-state index in [1.54, 1.807) is 0 Å². The van der Waals surface area contributed by atoms with Gasteiger partial charge in [0.2, 0.25) is 0 Å². The van der Waals surface area contributed by atoms with Crippen molar-refractivity contribution in [2.45, 2.75) is 36.0 Å². The first-order valence-corrected chi connectivity index (χ1v) is 18.5. The van der Waals surface area contributed by atoms with Gasteiger partial charge >= 0.3 is 0 Å². The van der Waals surface area contributed by atoms with Gasteiger partial charge in [-0.05, 0) is 83.0 Å². The van der Waals surface area contributed by atoms with E-state index < -0.39 is 0 Å². The third-order valence-corrected chi connectivity index (χ3v) is 12.3. The summed E-state index contributed by atoms with van der Waals surface area (Å²) in [6.45, 7) is 0. The Labute approximate surface area is 295 Å². The molecule has 0 saturated heterocycles. The molecule has 5 aliphatic rings. The monoisotopic (exact) mass is 663 g/mol. The van der Waals surface area contributed by atoms with Crippen LogP contribution in [0.1, 0.15) is 58.5 Å². The van der Waals surface area contributed by atoms with Crippen LogP contribution in [0.15, 0.2) is 164 Å². The summed E-state index contributed by atoms with van der Waals surface area (Å²) in [6.07, 6.45) is 21.6. The highest BCUT2D eigenvalue weighted by Gasteiger charge is 2.33. The summed E-state index contributed by atoms with van der Waals surface area (Å²) in [5.74, 6) is 3.11. The Hall–Kier alpha value is -5.45. The topological polar surface area (TPSA) is 29.5 Å². The average molecular weight is 664 g/mol. The SMILES string of the molecule is C1=CC2c3c(oc4ccccc34)C=CC2C=C1c1ccc(N(C2=CCC3C(=C2)Sc2ccccc23)C2=Cc3c(oc4ccccc34)CC2)cc1. The summed E-state index contributed by atoms with van der Waals surface area (Å²) in [5, 5.41) is 2.41. The maximum Gasteiger partial charge on any atom is 0.135 e. The predicted molar refractivity (Wildman–Crippen MR) is 206 cm³/mol. The molecule has 50 heavy (non-hydrogen) atoms. The lowest BCUT2D eigenvalue weighted by Gasteiger charge is -2.33. The fraction of sp³-hybridized carbons (Fsp3) is 0.130. The van der Waals surface area contributed by atoms with Crippen LogP contribution in [0.2, 0.25) is 0 Å². The molecule has 0 N–H and O–H groups in total. The lowest BCUT2D eigenvalue weighted by atomic mass is 9.76. The second-order valence-electron chi connectivity index (χ2n) is 13.9. The fourth-order valence-electron chi connectivity index (χ4n) is 8.69. The number of para-hydroxylation sites is 2. The lowest BCUT2D eigenvalue weighted by molar-refractivity contribution is 0.542. The number of allylic oxidation sites excluding steroid dienone is 9. The molecule has 3 nitrogen and oxygen atoms in total. The molecule has 3 heterocycles. The van der Waals surface area contributed by atoms with Gasteiger partial charge in [0.05, 0.1) is 0 Å². The van der Waals surface area contributed by atoms with Crippen LogP contribution in [0.5, 0.6) is 0 Å². The van der Waals surface area contributed by atoms with Crippen LogP contribution in [0.3, 0.4) is 0 Å². The van der Waals surface area contributed by atoms with E-state index in [1.165, 1.54) is 65.5 Å². The number of hydrogen-bond acceptors (Lipinski definition) is 4. The Bertz CT molecular complexity index is 2570. The zero-order valence-corrected chi connectivity index (χ0v) is 28.2. The van der Waals surface area contributed by atoms with Gasteiger partial charge in [0.1, 0.15) is 22.7 Å². The molecule has 4 aliphatic carbocycles. The highest BCUT2D eigenvalue weighted by molar-refractivity contribution is 8.03. The highest BCUT2D eigenvalue weighted by Crippen LogP contribution is 2.53. The standard InChI is InChI=1S/C46H33NO2S/c1-4-10-40-35(7-1)39-26-32(20-24-42(39)48-40)47(33-19-22-37-36-8-3-6-12-44(36)50-45(37)27-33)31-17-13-28(14-18-31)29-15-21-34-30(25-29)16-23-43-46(34)38-9-2-5-11-41(38)49-43/h1-19,21,23,25-27,30,34,37H,20,22,24H2. The number of nitrogens with zero attached hydrogens (tertiary/aromatic N) is 1. The van der Waals surface area contributed by atoms with Crippen molar-refractivity contribution in [1.29, 1.82) is 0 Å². The van der Waals surface area contributed by atoms with Crippen LogP contribution >= 0.6 is 11.8 Å². The van der Waals surface area contributed by atoms with Gasteiger partial charge in [0.15, 0.2) is 0 Å². The van der Waals surface area contributed by atoms with Crippen molar-refractivity contribution in [2.24, 2.45) is 5.92 Å². The third kappa shape index (κ3) is 4.38. The van der Waals surface area contributed by atoms with E-state index in [0.717, 1.165) is 41.9 Å². The summed E-state index contributed by atoms with van der Waals surface area (Å²) in [6, 6.07) is 34.9. The van der Waals surface area contributed by atoms with Crippen molar-refractivity contribution in [1.82, 2.24) is 0 Å². The molecule has 3 unspecified atom stereocenters. The van der Waals surface area contributed by atoms with Gasteiger partial charge in [-0.1, -0.05) is 109 Å². The van der Waals surface area contributed by atoms with Crippen molar-refractivity contribution >= 4 is 57.1 Å². The minimum Gasteiger partial charge on any atom is -0.460 e. The largest absolute Gasteiger partial charge is 0.460 e. The van der Waals surface area contributed by atoms with Crippen LogP contribution in [0.4, 0.5) is 5.69 Å². The predicted octanol–water partition coefficient (Wildman–Crippen LogP) is 12.4. The summed E-state index contributed by atoms with van der Waals surface area (Å²) >= 11 is 1.93. The van der Waals surface area contributed by atoms with E-state index >= 15 is 0 Å². The molecule has 1 aliphatic heterocycles. The third-order valence-electron chi connectivity index (χ3n) is 11.1. The first kappa shape index (κ1) is 28.4. The first-order valence-electron chi connectivity index (χ1n) is 17.6. The highest BCUT2D eigenvalue weighted by atomic mass is 32.2. The Morgan fingerprint density at radius 1 is 0.720 bits per heavy atom. The number of rotatable bonds is 4. The van der Waals surface area contributed by atoms with Crippen molar-refractivity contribution in [3.8, 4) is 0 Å². The number of anilines is 1. The maximum atomic E-state index is 6.30. The number of thioether (sulfide) groups is 1. The van der Waals surface area contributed by atoms with Crippen molar-refractivity contribution in [2.75, 3.05) is 4.90 Å². The minimum atomic E-state index is 0.286. The van der Waals surface area contributed by atoms with E-state index in [2.05, 4.69) is 145 Å². The lowest BCUT2D eigenvalue weighted by Crippen LogP contribution is -2.24.